The van der Waals surface area contributed by atoms with Crippen molar-refractivity contribution in [2.24, 2.45) is 0 Å². The van der Waals surface area contributed by atoms with Crippen molar-refractivity contribution in [3.8, 4) is 0 Å². The van der Waals surface area contributed by atoms with Gasteiger partial charge in [0.2, 0.25) is 0 Å². The van der Waals surface area contributed by atoms with Crippen LogP contribution in [0.1, 0.15) is 61.3 Å². The number of carbonyl (C=O) groups is 1. The summed E-state index contributed by atoms with van der Waals surface area (Å²) in [6.07, 6.45) is 5.74. The predicted octanol–water partition coefficient (Wildman–Crippen LogP) is 5.02. The number of carbonyl (C=O) groups excluding carboxylic acids is 1. The van der Waals surface area contributed by atoms with Crippen molar-refractivity contribution in [1.29, 1.82) is 0 Å². The maximum atomic E-state index is 12.7. The standard InChI is InChI=1S/C26H28N6O/c1-26(2,3)19-11-9-18(10-12-19)25(33)29-22-17-32-23(28-22)13-14-24(30-32)31-16-6-8-21(31)20-7-4-5-15-27-20/h4-5,7,9-15,17,21H,6,8,16H2,1-3H3,(H,29,33). The first-order valence-electron chi connectivity index (χ1n) is 11.3. The third kappa shape index (κ3) is 4.31. The molecule has 7 nitrogen and oxygen atoms in total. The number of anilines is 2. The first-order valence-corrected chi connectivity index (χ1v) is 11.3. The smallest absolute Gasteiger partial charge is 0.256 e. The van der Waals surface area contributed by atoms with Gasteiger partial charge in [0.15, 0.2) is 11.5 Å². The number of benzene rings is 1. The highest BCUT2D eigenvalue weighted by Gasteiger charge is 2.28. The number of rotatable bonds is 4. The van der Waals surface area contributed by atoms with Crippen LogP contribution in [0.3, 0.4) is 0 Å². The fraction of sp³-hybridized carbons (Fsp3) is 0.308. The summed E-state index contributed by atoms with van der Waals surface area (Å²) in [6, 6.07) is 17.9. The monoisotopic (exact) mass is 440 g/mol. The van der Waals surface area contributed by atoms with Crippen molar-refractivity contribution in [1.82, 2.24) is 19.6 Å². The first kappa shape index (κ1) is 21.1. The lowest BCUT2D eigenvalue weighted by atomic mass is 9.87. The molecule has 0 saturated carbocycles. The van der Waals surface area contributed by atoms with Crippen molar-refractivity contribution in [2.75, 3.05) is 16.8 Å². The molecular weight excluding hydrogens is 412 g/mol. The van der Waals surface area contributed by atoms with Crippen LogP contribution in [0.2, 0.25) is 0 Å². The Morgan fingerprint density at radius 2 is 1.88 bits per heavy atom. The van der Waals surface area contributed by atoms with Gasteiger partial charge in [-0.2, -0.15) is 0 Å². The van der Waals surface area contributed by atoms with Crippen molar-refractivity contribution in [2.45, 2.75) is 45.1 Å². The van der Waals surface area contributed by atoms with Gasteiger partial charge in [-0.25, -0.2) is 9.50 Å². The summed E-state index contributed by atoms with van der Waals surface area (Å²) in [7, 11) is 0. The number of nitrogens with one attached hydrogen (secondary N) is 1. The summed E-state index contributed by atoms with van der Waals surface area (Å²) in [6.45, 7) is 7.39. The highest BCUT2D eigenvalue weighted by molar-refractivity contribution is 6.03. The van der Waals surface area contributed by atoms with Crippen LogP contribution in [0.15, 0.2) is 67.0 Å². The van der Waals surface area contributed by atoms with E-state index >= 15 is 0 Å². The number of nitrogens with zero attached hydrogens (tertiary/aromatic N) is 5. The van der Waals surface area contributed by atoms with E-state index in [1.165, 1.54) is 5.56 Å². The normalized spacial score (nSPS) is 16.3. The molecule has 5 rings (SSSR count). The maximum absolute atomic E-state index is 12.7. The molecule has 4 aromatic rings. The zero-order valence-corrected chi connectivity index (χ0v) is 19.2. The minimum absolute atomic E-state index is 0.0465. The zero-order chi connectivity index (χ0) is 23.0. The maximum Gasteiger partial charge on any atom is 0.256 e. The molecule has 1 saturated heterocycles. The van der Waals surface area contributed by atoms with Crippen LogP contribution < -0.4 is 10.2 Å². The molecular formula is C26H28N6O. The molecule has 1 fully saturated rings. The summed E-state index contributed by atoms with van der Waals surface area (Å²) in [4.78, 5) is 24.1. The Hall–Kier alpha value is -3.74. The van der Waals surface area contributed by atoms with Gasteiger partial charge in [0, 0.05) is 18.3 Å². The highest BCUT2D eigenvalue weighted by Crippen LogP contribution is 2.34. The molecule has 0 radical (unpaired) electrons. The fourth-order valence-electron chi connectivity index (χ4n) is 4.32. The molecule has 0 bridgehead atoms. The van der Waals surface area contributed by atoms with Gasteiger partial charge < -0.3 is 10.2 Å². The predicted molar refractivity (Wildman–Crippen MR) is 130 cm³/mol. The first-order chi connectivity index (χ1) is 15.9. The topological polar surface area (TPSA) is 75.4 Å². The van der Waals surface area contributed by atoms with Crippen molar-refractivity contribution < 1.29 is 4.79 Å². The molecule has 3 aromatic heterocycles. The molecule has 1 amide bonds. The number of amides is 1. The van der Waals surface area contributed by atoms with Crippen molar-refractivity contribution in [3.05, 3.63) is 83.8 Å². The molecule has 4 heterocycles. The molecule has 1 unspecified atom stereocenters. The van der Waals surface area contributed by atoms with Crippen molar-refractivity contribution >= 4 is 23.2 Å². The van der Waals surface area contributed by atoms with Crippen LogP contribution >= 0.6 is 0 Å². The SMILES string of the molecule is CC(C)(C)c1ccc(C(=O)Nc2cn3nc(N4CCCC4c4ccccn4)ccc3n2)cc1. The highest BCUT2D eigenvalue weighted by atomic mass is 16.1. The van der Waals surface area contributed by atoms with Crippen LogP contribution in [0.25, 0.3) is 5.65 Å². The van der Waals surface area contributed by atoms with Gasteiger partial charge in [0.25, 0.3) is 5.91 Å². The number of hydrogen-bond donors (Lipinski definition) is 1. The van der Waals surface area contributed by atoms with E-state index in [1.807, 2.05) is 54.7 Å². The average molecular weight is 441 g/mol. The third-order valence-electron chi connectivity index (χ3n) is 6.14. The number of imidazole rings is 1. The summed E-state index contributed by atoms with van der Waals surface area (Å²) >= 11 is 0. The molecule has 33 heavy (non-hydrogen) atoms. The molecule has 1 N–H and O–H groups in total. The Balaban J connectivity index is 1.35. The van der Waals surface area contributed by atoms with Gasteiger partial charge >= 0.3 is 0 Å². The second kappa shape index (κ2) is 8.31. The van der Waals surface area contributed by atoms with E-state index in [-0.39, 0.29) is 17.4 Å². The number of hydrogen-bond acceptors (Lipinski definition) is 5. The summed E-state index contributed by atoms with van der Waals surface area (Å²) in [5.41, 5.74) is 3.59. The van der Waals surface area contributed by atoms with Gasteiger partial charge in [-0.15, -0.1) is 5.10 Å². The van der Waals surface area contributed by atoms with Crippen molar-refractivity contribution in [3.63, 3.8) is 0 Å². The minimum atomic E-state index is -0.186. The van der Waals surface area contributed by atoms with Crippen LogP contribution in [0.4, 0.5) is 11.6 Å². The minimum Gasteiger partial charge on any atom is -0.347 e. The van der Waals surface area contributed by atoms with Gasteiger partial charge in [0.1, 0.15) is 5.82 Å². The molecule has 1 atom stereocenters. The van der Waals surface area contributed by atoms with E-state index in [9.17, 15) is 4.79 Å². The largest absolute Gasteiger partial charge is 0.347 e. The van der Waals surface area contributed by atoms with E-state index in [2.05, 4.69) is 47.0 Å². The number of aromatic nitrogens is 4. The third-order valence-corrected chi connectivity index (χ3v) is 6.14. The quantitative estimate of drug-likeness (QED) is 0.482. The zero-order valence-electron chi connectivity index (χ0n) is 19.2. The molecule has 1 aliphatic heterocycles. The van der Waals surface area contributed by atoms with E-state index in [1.54, 1.807) is 10.7 Å². The molecule has 0 spiro atoms. The Bertz CT molecular complexity index is 1270. The van der Waals surface area contributed by atoms with Crippen LogP contribution in [0, 0.1) is 0 Å². The van der Waals surface area contributed by atoms with Gasteiger partial charge in [-0.05, 0) is 60.2 Å². The van der Waals surface area contributed by atoms with Crippen LogP contribution in [-0.4, -0.2) is 32.0 Å². The second-order valence-electron chi connectivity index (χ2n) is 9.51. The summed E-state index contributed by atoms with van der Waals surface area (Å²) in [5.74, 6) is 1.17. The average Bonchev–Trinajstić information content (AvgIpc) is 3.45. The van der Waals surface area contributed by atoms with Crippen LogP contribution in [-0.2, 0) is 5.41 Å². The lowest BCUT2D eigenvalue weighted by Gasteiger charge is -2.25. The lowest BCUT2D eigenvalue weighted by molar-refractivity contribution is 0.102. The summed E-state index contributed by atoms with van der Waals surface area (Å²) < 4.78 is 1.72. The Labute approximate surface area is 193 Å². The van der Waals surface area contributed by atoms with Gasteiger partial charge in [0.05, 0.1) is 17.9 Å². The summed E-state index contributed by atoms with van der Waals surface area (Å²) in [5, 5.41) is 7.67. The Morgan fingerprint density at radius 3 is 2.61 bits per heavy atom. The number of pyridine rings is 1. The molecule has 1 aromatic carbocycles. The van der Waals surface area contributed by atoms with E-state index in [0.29, 0.717) is 17.0 Å². The Morgan fingerprint density at radius 1 is 1.06 bits per heavy atom. The van der Waals surface area contributed by atoms with Crippen LogP contribution in [0.5, 0.6) is 0 Å². The fourth-order valence-corrected chi connectivity index (χ4v) is 4.32. The van der Waals surface area contributed by atoms with Gasteiger partial charge in [-0.3, -0.25) is 9.78 Å². The molecule has 168 valence electrons. The number of fused-ring (bicyclic) bond motifs is 1. The van der Waals surface area contributed by atoms with E-state index in [0.717, 1.165) is 30.9 Å². The second-order valence-corrected chi connectivity index (χ2v) is 9.51. The Kier molecular flexibility index (Phi) is 5.32. The molecule has 1 aliphatic rings. The van der Waals surface area contributed by atoms with E-state index in [4.69, 9.17) is 5.10 Å². The van der Waals surface area contributed by atoms with E-state index < -0.39 is 0 Å². The molecule has 7 heteroatoms. The van der Waals surface area contributed by atoms with Gasteiger partial charge in [-0.1, -0.05) is 39.0 Å². The lowest BCUT2D eigenvalue weighted by Crippen LogP contribution is -2.24. The molecule has 0 aliphatic carbocycles.